The van der Waals surface area contributed by atoms with Crippen LogP contribution in [0.5, 0.6) is 0 Å². The van der Waals surface area contributed by atoms with Crippen LogP contribution in [0.1, 0.15) is 39.5 Å². The maximum Gasteiger partial charge on any atom is 0.293 e. The van der Waals surface area contributed by atoms with Crippen LogP contribution < -0.4 is 10.5 Å². The molecule has 2 rings (SSSR count). The first-order valence-corrected chi connectivity index (χ1v) is 9.18. The maximum atomic E-state index is 11.3. The molecule has 1 aliphatic carbocycles. The summed E-state index contributed by atoms with van der Waals surface area (Å²) in [5, 5.41) is 19.3. The van der Waals surface area contributed by atoms with E-state index in [0.717, 1.165) is 31.7 Å². The molecule has 1 aromatic rings. The number of nitro groups is 1. The Balaban J connectivity index is 2.09. The normalized spacial score (nSPS) is 18.6. The smallest absolute Gasteiger partial charge is 0.293 e. The Labute approximate surface area is 136 Å². The molecule has 0 atom stereocenters. The second kappa shape index (κ2) is 6.45. The molecule has 0 saturated heterocycles. The predicted octanol–water partition coefficient (Wildman–Crippen LogP) is 2.87. The molecular weight excluding hydrogens is 318 g/mol. The highest BCUT2D eigenvalue weighted by molar-refractivity contribution is 7.89. The maximum absolute atomic E-state index is 11.3. The SMILES string of the molecule is CC1(C)CCC(CNc2ccc(S(N)(=O)=O)cc2[N+](=O)[O-])CC1. The van der Waals surface area contributed by atoms with Crippen molar-refractivity contribution in [2.45, 2.75) is 44.4 Å². The first kappa shape index (κ1) is 17.7. The number of nitro benzene ring substituents is 1. The quantitative estimate of drug-likeness (QED) is 0.631. The summed E-state index contributed by atoms with van der Waals surface area (Å²) < 4.78 is 22.6. The Morgan fingerprint density at radius 2 is 1.96 bits per heavy atom. The number of nitrogens with two attached hydrogens (primary N) is 1. The van der Waals surface area contributed by atoms with Gasteiger partial charge in [0.1, 0.15) is 5.69 Å². The van der Waals surface area contributed by atoms with Crippen LogP contribution in [0.15, 0.2) is 23.1 Å². The Hall–Kier alpha value is -1.67. The molecule has 0 aromatic heterocycles. The molecule has 3 N–H and O–H groups in total. The summed E-state index contributed by atoms with van der Waals surface area (Å²) in [6.45, 7) is 5.16. The number of nitrogens with zero attached hydrogens (tertiary/aromatic N) is 1. The summed E-state index contributed by atoms with van der Waals surface area (Å²) in [5.74, 6) is 0.473. The predicted molar refractivity (Wildman–Crippen MR) is 88.7 cm³/mol. The van der Waals surface area contributed by atoms with E-state index in [9.17, 15) is 18.5 Å². The lowest BCUT2D eigenvalue weighted by atomic mass is 9.73. The van der Waals surface area contributed by atoms with Gasteiger partial charge in [-0.2, -0.15) is 0 Å². The monoisotopic (exact) mass is 341 g/mol. The van der Waals surface area contributed by atoms with E-state index in [4.69, 9.17) is 5.14 Å². The molecule has 0 heterocycles. The standard InChI is InChI=1S/C15H23N3O4S/c1-15(2)7-5-11(6-8-15)10-17-13-4-3-12(23(16,21)22)9-14(13)18(19)20/h3-4,9,11,17H,5-8,10H2,1-2H3,(H2,16,21,22). The molecule has 0 aliphatic heterocycles. The Kier molecular flexibility index (Phi) is 4.95. The minimum atomic E-state index is -3.96. The summed E-state index contributed by atoms with van der Waals surface area (Å²) in [5.41, 5.74) is 0.430. The zero-order chi connectivity index (χ0) is 17.3. The van der Waals surface area contributed by atoms with Crippen molar-refractivity contribution in [2.24, 2.45) is 16.5 Å². The van der Waals surface area contributed by atoms with E-state index in [-0.39, 0.29) is 10.6 Å². The van der Waals surface area contributed by atoms with Crippen molar-refractivity contribution < 1.29 is 13.3 Å². The van der Waals surface area contributed by atoms with Crippen molar-refractivity contribution in [3.63, 3.8) is 0 Å². The van der Waals surface area contributed by atoms with Crippen LogP contribution in [0.3, 0.4) is 0 Å². The molecule has 1 aliphatic rings. The van der Waals surface area contributed by atoms with E-state index in [2.05, 4.69) is 19.2 Å². The van der Waals surface area contributed by atoms with Crippen LogP contribution in [-0.4, -0.2) is 19.9 Å². The molecule has 0 unspecified atom stereocenters. The lowest BCUT2D eigenvalue weighted by molar-refractivity contribution is -0.384. The van der Waals surface area contributed by atoms with Gasteiger partial charge in [-0.3, -0.25) is 10.1 Å². The second-order valence-corrected chi connectivity index (χ2v) is 8.53. The molecular formula is C15H23N3O4S. The van der Waals surface area contributed by atoms with Gasteiger partial charge in [0.2, 0.25) is 10.0 Å². The van der Waals surface area contributed by atoms with Crippen LogP contribution in [0.4, 0.5) is 11.4 Å². The molecule has 0 bridgehead atoms. The Bertz CT molecular complexity index is 691. The number of rotatable bonds is 5. The number of benzene rings is 1. The fraction of sp³-hybridized carbons (Fsp3) is 0.600. The number of nitrogens with one attached hydrogen (secondary N) is 1. The van der Waals surface area contributed by atoms with E-state index in [1.165, 1.54) is 12.1 Å². The number of sulfonamides is 1. The van der Waals surface area contributed by atoms with Gasteiger partial charge in [0.05, 0.1) is 9.82 Å². The van der Waals surface area contributed by atoms with Gasteiger partial charge in [-0.25, -0.2) is 13.6 Å². The zero-order valence-corrected chi connectivity index (χ0v) is 14.2. The van der Waals surface area contributed by atoms with E-state index >= 15 is 0 Å². The van der Waals surface area contributed by atoms with Gasteiger partial charge < -0.3 is 5.32 Å². The van der Waals surface area contributed by atoms with Gasteiger partial charge in [0, 0.05) is 12.6 Å². The summed E-state index contributed by atoms with van der Waals surface area (Å²) in [6, 6.07) is 3.70. The van der Waals surface area contributed by atoms with Gasteiger partial charge in [-0.1, -0.05) is 13.8 Å². The number of primary sulfonamides is 1. The van der Waals surface area contributed by atoms with Crippen LogP contribution in [0.2, 0.25) is 0 Å². The van der Waals surface area contributed by atoms with Crippen molar-refractivity contribution in [2.75, 3.05) is 11.9 Å². The third kappa shape index (κ3) is 4.65. The number of anilines is 1. The Morgan fingerprint density at radius 1 is 1.35 bits per heavy atom. The fourth-order valence-corrected chi connectivity index (χ4v) is 3.44. The summed E-state index contributed by atoms with van der Waals surface area (Å²) >= 11 is 0. The molecule has 1 fully saturated rings. The molecule has 0 spiro atoms. The molecule has 7 nitrogen and oxygen atoms in total. The van der Waals surface area contributed by atoms with Crippen LogP contribution >= 0.6 is 0 Å². The van der Waals surface area contributed by atoms with E-state index in [0.29, 0.717) is 23.6 Å². The van der Waals surface area contributed by atoms with Crippen molar-refractivity contribution in [3.05, 3.63) is 28.3 Å². The van der Waals surface area contributed by atoms with Crippen molar-refractivity contribution in [3.8, 4) is 0 Å². The molecule has 23 heavy (non-hydrogen) atoms. The second-order valence-electron chi connectivity index (χ2n) is 6.97. The van der Waals surface area contributed by atoms with Gasteiger partial charge in [0.15, 0.2) is 0 Å². The van der Waals surface area contributed by atoms with Crippen molar-refractivity contribution >= 4 is 21.4 Å². The summed E-state index contributed by atoms with van der Waals surface area (Å²) in [6.07, 6.45) is 4.46. The third-order valence-corrected chi connectivity index (χ3v) is 5.45. The van der Waals surface area contributed by atoms with Crippen LogP contribution in [0, 0.1) is 21.4 Å². The zero-order valence-electron chi connectivity index (χ0n) is 13.4. The molecule has 0 radical (unpaired) electrons. The largest absolute Gasteiger partial charge is 0.379 e. The highest BCUT2D eigenvalue weighted by Gasteiger charge is 2.27. The minimum Gasteiger partial charge on any atom is -0.379 e. The fourth-order valence-electron chi connectivity index (χ4n) is 2.91. The average Bonchev–Trinajstić information content (AvgIpc) is 2.45. The lowest BCUT2D eigenvalue weighted by Gasteiger charge is -2.34. The highest BCUT2D eigenvalue weighted by Crippen LogP contribution is 2.38. The van der Waals surface area contributed by atoms with Gasteiger partial charge in [-0.15, -0.1) is 0 Å². The third-order valence-electron chi connectivity index (χ3n) is 4.53. The van der Waals surface area contributed by atoms with E-state index in [1.54, 1.807) is 0 Å². The Morgan fingerprint density at radius 3 is 2.48 bits per heavy atom. The number of hydrogen-bond acceptors (Lipinski definition) is 5. The van der Waals surface area contributed by atoms with Crippen LogP contribution in [0.25, 0.3) is 0 Å². The highest BCUT2D eigenvalue weighted by atomic mass is 32.2. The lowest BCUT2D eigenvalue weighted by Crippen LogP contribution is -2.25. The first-order valence-electron chi connectivity index (χ1n) is 7.64. The van der Waals surface area contributed by atoms with Gasteiger partial charge in [-0.05, 0) is 49.1 Å². The number of hydrogen-bond donors (Lipinski definition) is 2. The molecule has 128 valence electrons. The average molecular weight is 341 g/mol. The molecule has 1 aromatic carbocycles. The van der Waals surface area contributed by atoms with E-state index < -0.39 is 14.9 Å². The van der Waals surface area contributed by atoms with Gasteiger partial charge >= 0.3 is 0 Å². The molecule has 0 amide bonds. The summed E-state index contributed by atoms with van der Waals surface area (Å²) in [4.78, 5) is 10.3. The topological polar surface area (TPSA) is 115 Å². The van der Waals surface area contributed by atoms with Gasteiger partial charge in [0.25, 0.3) is 5.69 Å². The van der Waals surface area contributed by atoms with Crippen molar-refractivity contribution in [1.29, 1.82) is 0 Å². The van der Waals surface area contributed by atoms with Crippen molar-refractivity contribution in [1.82, 2.24) is 0 Å². The van der Waals surface area contributed by atoms with Crippen LogP contribution in [-0.2, 0) is 10.0 Å². The molecule has 1 saturated carbocycles. The molecule has 8 heteroatoms. The minimum absolute atomic E-state index is 0.255. The first-order chi connectivity index (χ1) is 10.6. The van der Waals surface area contributed by atoms with E-state index in [1.807, 2.05) is 0 Å². The summed E-state index contributed by atoms with van der Waals surface area (Å²) in [7, 11) is -3.96.